The van der Waals surface area contributed by atoms with Crippen molar-refractivity contribution in [2.45, 2.75) is 31.8 Å². The van der Waals surface area contributed by atoms with Crippen molar-refractivity contribution >= 4 is 5.91 Å². The molecule has 0 heterocycles. The number of aromatic hydroxyl groups is 1. The van der Waals surface area contributed by atoms with E-state index < -0.39 is 6.04 Å². The molecule has 0 bridgehead atoms. The van der Waals surface area contributed by atoms with Gasteiger partial charge in [-0.25, -0.2) is 0 Å². The fraction of sp³-hybridized carbons (Fsp3) is 0.357. The number of phenols is 1. The number of nitrogens with two attached hydrogens (primary N) is 1. The Bertz CT molecular complexity index is 434. The molecule has 1 aromatic carbocycles. The summed E-state index contributed by atoms with van der Waals surface area (Å²) in [4.78, 5) is 11.7. The number of terminal acetylenes is 1. The van der Waals surface area contributed by atoms with Crippen LogP contribution in [0.5, 0.6) is 5.75 Å². The van der Waals surface area contributed by atoms with Gasteiger partial charge in [0.25, 0.3) is 0 Å². The Morgan fingerprint density at radius 2 is 2.11 bits per heavy atom. The quantitative estimate of drug-likeness (QED) is 0.672. The minimum Gasteiger partial charge on any atom is -0.508 e. The van der Waals surface area contributed by atoms with Gasteiger partial charge in [-0.3, -0.25) is 4.79 Å². The molecular weight excluding hydrogens is 228 g/mol. The largest absolute Gasteiger partial charge is 0.508 e. The van der Waals surface area contributed by atoms with Crippen LogP contribution >= 0.6 is 0 Å². The number of amides is 1. The second-order valence-corrected chi connectivity index (χ2v) is 4.29. The van der Waals surface area contributed by atoms with Gasteiger partial charge in [-0.15, -0.1) is 12.3 Å². The van der Waals surface area contributed by atoms with Crippen LogP contribution in [0, 0.1) is 12.3 Å². The molecule has 0 aliphatic rings. The summed E-state index contributed by atoms with van der Waals surface area (Å²) in [5.41, 5.74) is 6.71. The summed E-state index contributed by atoms with van der Waals surface area (Å²) >= 11 is 0. The van der Waals surface area contributed by atoms with Gasteiger partial charge in [-0.2, -0.15) is 0 Å². The van der Waals surface area contributed by atoms with Gasteiger partial charge in [0.1, 0.15) is 5.75 Å². The summed E-state index contributed by atoms with van der Waals surface area (Å²) in [6.07, 6.45) is 6.07. The van der Waals surface area contributed by atoms with E-state index in [4.69, 9.17) is 17.3 Å². The first-order valence-electron chi connectivity index (χ1n) is 5.80. The average Bonchev–Trinajstić information content (AvgIpc) is 2.32. The van der Waals surface area contributed by atoms with Crippen molar-refractivity contribution in [2.24, 2.45) is 5.73 Å². The smallest absolute Gasteiger partial charge is 0.237 e. The van der Waals surface area contributed by atoms with Crippen molar-refractivity contribution in [1.82, 2.24) is 5.32 Å². The summed E-state index contributed by atoms with van der Waals surface area (Å²) in [6, 6.07) is 5.94. The number of nitrogens with one attached hydrogen (secondary N) is 1. The van der Waals surface area contributed by atoms with Crippen LogP contribution in [0.15, 0.2) is 24.3 Å². The molecule has 4 heteroatoms. The Balaban J connectivity index is 2.50. The fourth-order valence-electron chi connectivity index (χ4n) is 1.56. The molecule has 0 aliphatic carbocycles. The molecule has 1 amide bonds. The minimum absolute atomic E-state index is 0.0756. The number of hydrogen-bond acceptors (Lipinski definition) is 3. The van der Waals surface area contributed by atoms with Crippen molar-refractivity contribution < 1.29 is 9.90 Å². The monoisotopic (exact) mass is 246 g/mol. The van der Waals surface area contributed by atoms with Crippen LogP contribution in [-0.2, 0) is 11.2 Å². The highest BCUT2D eigenvalue weighted by Crippen LogP contribution is 2.10. The van der Waals surface area contributed by atoms with Gasteiger partial charge in [0.2, 0.25) is 5.91 Å². The van der Waals surface area contributed by atoms with Gasteiger partial charge in [-0.05, 0) is 31.0 Å². The maximum absolute atomic E-state index is 11.7. The molecule has 0 saturated carbocycles. The third-order valence-electron chi connectivity index (χ3n) is 2.54. The summed E-state index contributed by atoms with van der Waals surface area (Å²) < 4.78 is 0. The molecule has 0 spiro atoms. The van der Waals surface area contributed by atoms with Crippen LogP contribution in [0.1, 0.15) is 18.9 Å². The van der Waals surface area contributed by atoms with E-state index in [9.17, 15) is 4.79 Å². The average molecular weight is 246 g/mol. The van der Waals surface area contributed by atoms with Gasteiger partial charge in [0.15, 0.2) is 0 Å². The Morgan fingerprint density at radius 1 is 1.50 bits per heavy atom. The summed E-state index contributed by atoms with van der Waals surface area (Å²) in [6.45, 7) is 1.84. The van der Waals surface area contributed by atoms with Gasteiger partial charge in [0, 0.05) is 12.5 Å². The lowest BCUT2D eigenvalue weighted by Gasteiger charge is -2.16. The summed E-state index contributed by atoms with van der Waals surface area (Å²) in [5.74, 6) is 2.46. The van der Waals surface area contributed by atoms with Gasteiger partial charge in [-0.1, -0.05) is 12.1 Å². The number of rotatable bonds is 5. The highest BCUT2D eigenvalue weighted by molar-refractivity contribution is 5.82. The predicted molar refractivity (Wildman–Crippen MR) is 70.8 cm³/mol. The van der Waals surface area contributed by atoms with Crippen molar-refractivity contribution in [2.75, 3.05) is 0 Å². The first-order valence-corrected chi connectivity index (χ1v) is 5.80. The van der Waals surface area contributed by atoms with Crippen LogP contribution in [0.3, 0.4) is 0 Å². The lowest BCUT2D eigenvalue weighted by atomic mass is 10.1. The van der Waals surface area contributed by atoms with E-state index in [-0.39, 0.29) is 17.7 Å². The zero-order chi connectivity index (χ0) is 13.5. The number of phenolic OH excluding ortho intramolecular Hbond substituents is 1. The second kappa shape index (κ2) is 6.67. The number of hydrogen-bond donors (Lipinski definition) is 3. The lowest BCUT2D eigenvalue weighted by Crippen LogP contribution is -2.45. The molecule has 2 atom stereocenters. The van der Waals surface area contributed by atoms with Crippen molar-refractivity contribution in [3.05, 3.63) is 29.8 Å². The molecule has 1 aromatic rings. The van der Waals surface area contributed by atoms with Crippen molar-refractivity contribution in [1.29, 1.82) is 0 Å². The Labute approximate surface area is 107 Å². The minimum atomic E-state index is -0.616. The summed E-state index contributed by atoms with van der Waals surface area (Å²) in [7, 11) is 0. The molecular formula is C14H18N2O2. The van der Waals surface area contributed by atoms with E-state index in [1.165, 1.54) is 0 Å². The van der Waals surface area contributed by atoms with E-state index in [0.29, 0.717) is 12.8 Å². The molecule has 0 radical (unpaired) electrons. The van der Waals surface area contributed by atoms with Crippen LogP contribution in [0.25, 0.3) is 0 Å². The number of benzene rings is 1. The van der Waals surface area contributed by atoms with Gasteiger partial charge < -0.3 is 16.2 Å². The molecule has 0 aromatic heterocycles. The Morgan fingerprint density at radius 3 is 2.67 bits per heavy atom. The molecule has 0 saturated heterocycles. The van der Waals surface area contributed by atoms with E-state index in [2.05, 4.69) is 11.2 Å². The van der Waals surface area contributed by atoms with Gasteiger partial charge >= 0.3 is 0 Å². The first kappa shape index (κ1) is 14.1. The first-order chi connectivity index (χ1) is 8.52. The molecule has 1 rings (SSSR count). The third-order valence-corrected chi connectivity index (χ3v) is 2.54. The maximum atomic E-state index is 11.7. The zero-order valence-electron chi connectivity index (χ0n) is 10.4. The van der Waals surface area contributed by atoms with E-state index >= 15 is 0 Å². The maximum Gasteiger partial charge on any atom is 0.237 e. The molecule has 0 aliphatic heterocycles. The van der Waals surface area contributed by atoms with E-state index in [1.807, 2.05) is 6.92 Å². The zero-order valence-corrected chi connectivity index (χ0v) is 10.4. The molecule has 0 fully saturated rings. The third kappa shape index (κ3) is 4.48. The number of carbonyl (C=O) groups excluding carboxylic acids is 1. The molecule has 18 heavy (non-hydrogen) atoms. The van der Waals surface area contributed by atoms with Crippen molar-refractivity contribution in [3.8, 4) is 18.1 Å². The molecule has 4 nitrogen and oxygen atoms in total. The lowest BCUT2D eigenvalue weighted by molar-refractivity contribution is -0.122. The van der Waals surface area contributed by atoms with Gasteiger partial charge in [0.05, 0.1) is 6.04 Å². The van der Waals surface area contributed by atoms with Crippen LogP contribution in [0.4, 0.5) is 0 Å². The second-order valence-electron chi connectivity index (χ2n) is 4.29. The highest BCUT2D eigenvalue weighted by atomic mass is 16.3. The molecule has 1 unspecified atom stereocenters. The fourth-order valence-corrected chi connectivity index (χ4v) is 1.56. The SMILES string of the molecule is C#CCC(C)NC(=O)[C@H](N)Cc1ccc(O)cc1. The number of carbonyl (C=O) groups is 1. The van der Waals surface area contributed by atoms with Crippen molar-refractivity contribution in [3.63, 3.8) is 0 Å². The Hall–Kier alpha value is -1.99. The van der Waals surface area contributed by atoms with E-state index in [1.54, 1.807) is 24.3 Å². The highest BCUT2D eigenvalue weighted by Gasteiger charge is 2.15. The predicted octanol–water partition coefficient (Wildman–Crippen LogP) is 0.790. The topological polar surface area (TPSA) is 75.4 Å². The molecule has 4 N–H and O–H groups in total. The standard InChI is InChI=1S/C14H18N2O2/c1-3-4-10(2)16-14(18)13(15)9-11-5-7-12(17)8-6-11/h1,5-8,10,13,17H,4,9,15H2,2H3,(H,16,18)/t10?,13-/m1/s1. The van der Waals surface area contributed by atoms with E-state index in [0.717, 1.165) is 5.56 Å². The van der Waals surface area contributed by atoms with Crippen LogP contribution in [-0.4, -0.2) is 23.1 Å². The molecule has 96 valence electrons. The Kier molecular flexibility index (Phi) is 5.22. The normalized spacial score (nSPS) is 13.4. The van der Waals surface area contributed by atoms with Crippen LogP contribution < -0.4 is 11.1 Å². The summed E-state index contributed by atoms with van der Waals surface area (Å²) in [5, 5.41) is 11.9. The van der Waals surface area contributed by atoms with Crippen LogP contribution in [0.2, 0.25) is 0 Å².